The fourth-order valence-electron chi connectivity index (χ4n) is 8.23. The minimum absolute atomic E-state index is 0.903. The molecule has 0 N–H and O–H groups in total. The van der Waals surface area contributed by atoms with Gasteiger partial charge in [-0.2, -0.15) is 0 Å². The second kappa shape index (κ2) is 12.9. The van der Waals surface area contributed by atoms with Crippen molar-refractivity contribution in [2.45, 2.75) is 0 Å². The molecule has 0 aliphatic rings. The minimum atomic E-state index is 0.903. The van der Waals surface area contributed by atoms with Crippen molar-refractivity contribution in [3.05, 3.63) is 200 Å². The van der Waals surface area contributed by atoms with E-state index in [1.54, 1.807) is 0 Å². The Morgan fingerprint density at radius 3 is 1.78 bits per heavy atom. The van der Waals surface area contributed by atoms with Crippen LogP contribution in [0.5, 0.6) is 0 Å². The van der Waals surface area contributed by atoms with Gasteiger partial charge in [0.05, 0.1) is 0 Å². The van der Waals surface area contributed by atoms with E-state index in [-0.39, 0.29) is 0 Å². The lowest BCUT2D eigenvalue weighted by Crippen LogP contribution is -2.10. The van der Waals surface area contributed by atoms with E-state index in [9.17, 15) is 0 Å². The van der Waals surface area contributed by atoms with Crippen LogP contribution in [0.15, 0.2) is 205 Å². The Balaban J connectivity index is 1.05. The van der Waals surface area contributed by atoms with E-state index in [0.29, 0.717) is 0 Å². The first-order valence-corrected chi connectivity index (χ1v) is 19.5. The molecule has 0 saturated carbocycles. The summed E-state index contributed by atoms with van der Waals surface area (Å²) in [6.07, 6.45) is 0. The Hall–Kier alpha value is -6.94. The predicted molar refractivity (Wildman–Crippen MR) is 235 cm³/mol. The smallest absolute Gasteiger partial charge is 0.136 e. The Bertz CT molecular complexity index is 3220. The molecule has 9 aromatic carbocycles. The van der Waals surface area contributed by atoms with Gasteiger partial charge in [-0.05, 0) is 105 Å². The molecule has 2 heterocycles. The Kier molecular flexibility index (Phi) is 7.39. The summed E-state index contributed by atoms with van der Waals surface area (Å²) in [6.45, 7) is 0. The molecule has 0 bridgehead atoms. The van der Waals surface area contributed by atoms with Crippen LogP contribution >= 0.6 is 11.3 Å². The third-order valence-electron chi connectivity index (χ3n) is 10.9. The monoisotopic (exact) mass is 719 g/mol. The fraction of sp³-hybridized carbons (Fsp3) is 0. The highest BCUT2D eigenvalue weighted by Crippen LogP contribution is 2.43. The molecule has 2 aromatic heterocycles. The van der Waals surface area contributed by atoms with E-state index < -0.39 is 0 Å². The average Bonchev–Trinajstić information content (AvgIpc) is 3.82. The number of rotatable bonds is 6. The zero-order valence-electron chi connectivity index (χ0n) is 29.8. The Morgan fingerprint density at radius 1 is 0.345 bits per heavy atom. The van der Waals surface area contributed by atoms with Gasteiger partial charge in [0.2, 0.25) is 0 Å². The molecule has 0 amide bonds. The maximum atomic E-state index is 6.25. The summed E-state index contributed by atoms with van der Waals surface area (Å²) in [7, 11) is 0. The number of hydrogen-bond donors (Lipinski definition) is 0. The van der Waals surface area contributed by atoms with E-state index >= 15 is 0 Å². The molecule has 11 aromatic rings. The van der Waals surface area contributed by atoms with Crippen molar-refractivity contribution < 1.29 is 4.42 Å². The van der Waals surface area contributed by atoms with Crippen molar-refractivity contribution in [3.8, 4) is 33.4 Å². The molecule has 0 saturated heterocycles. The zero-order chi connectivity index (χ0) is 36.3. The predicted octanol–water partition coefficient (Wildman–Crippen LogP) is 15.6. The number of fused-ring (bicyclic) bond motifs is 7. The van der Waals surface area contributed by atoms with E-state index in [0.717, 1.165) is 50.1 Å². The Labute approximate surface area is 322 Å². The molecular weight excluding hydrogens is 687 g/mol. The molecular formula is C52H33NOS. The summed E-state index contributed by atoms with van der Waals surface area (Å²) < 4.78 is 8.88. The van der Waals surface area contributed by atoms with E-state index in [2.05, 4.69) is 193 Å². The van der Waals surface area contributed by atoms with Crippen LogP contribution in [0.25, 0.3) is 86.3 Å². The van der Waals surface area contributed by atoms with Gasteiger partial charge in [0.25, 0.3) is 0 Å². The number of hydrogen-bond acceptors (Lipinski definition) is 3. The number of nitrogens with zero attached hydrogens (tertiary/aromatic N) is 1. The molecule has 0 atom stereocenters. The number of benzene rings is 9. The van der Waals surface area contributed by atoms with Gasteiger partial charge in [-0.15, -0.1) is 11.3 Å². The molecule has 11 rings (SSSR count). The van der Waals surface area contributed by atoms with Gasteiger partial charge in [-0.25, -0.2) is 0 Å². The van der Waals surface area contributed by atoms with Crippen LogP contribution < -0.4 is 4.90 Å². The van der Waals surface area contributed by atoms with Crippen LogP contribution in [0.4, 0.5) is 17.1 Å². The molecule has 2 nitrogen and oxygen atoms in total. The van der Waals surface area contributed by atoms with Crippen LogP contribution in [0.1, 0.15) is 0 Å². The third-order valence-corrected chi connectivity index (χ3v) is 12.1. The lowest BCUT2D eigenvalue weighted by Gasteiger charge is -2.27. The highest BCUT2D eigenvalue weighted by atomic mass is 32.1. The Morgan fingerprint density at radius 2 is 0.945 bits per heavy atom. The van der Waals surface area contributed by atoms with Gasteiger partial charge >= 0.3 is 0 Å². The number of furan rings is 1. The van der Waals surface area contributed by atoms with Gasteiger partial charge in [0.15, 0.2) is 0 Å². The molecule has 0 aliphatic carbocycles. The van der Waals surface area contributed by atoms with E-state index in [4.69, 9.17) is 4.42 Å². The molecule has 3 heteroatoms. The standard InChI is InChI=1S/C52H33NOS/c1-2-17-42-35(11-1)12-9-20-43(42)37-13-7-15-40(31-37)53(39-28-25-34(26-29-39)36-27-30-46-45-18-3-5-23-49(45)54-50(46)33-36)41-16-8-14-38(32-41)44-21-10-22-48-47-19-4-6-24-51(47)55-52(44)48/h1-33H. The zero-order valence-corrected chi connectivity index (χ0v) is 30.6. The quantitative estimate of drug-likeness (QED) is 0.170. The summed E-state index contributed by atoms with van der Waals surface area (Å²) in [4.78, 5) is 2.38. The maximum Gasteiger partial charge on any atom is 0.136 e. The summed E-state index contributed by atoms with van der Waals surface area (Å²) >= 11 is 1.87. The first-order chi connectivity index (χ1) is 27.2. The van der Waals surface area contributed by atoms with E-state index in [1.165, 1.54) is 53.2 Å². The summed E-state index contributed by atoms with van der Waals surface area (Å²) in [6, 6.07) is 72.3. The van der Waals surface area contributed by atoms with Crippen molar-refractivity contribution in [1.82, 2.24) is 0 Å². The number of thiophene rings is 1. The molecule has 0 unspecified atom stereocenters. The van der Waals surface area contributed by atoms with Gasteiger partial charge < -0.3 is 9.32 Å². The number of para-hydroxylation sites is 1. The van der Waals surface area contributed by atoms with Crippen LogP contribution in [-0.2, 0) is 0 Å². The van der Waals surface area contributed by atoms with E-state index in [1.807, 2.05) is 23.5 Å². The molecule has 55 heavy (non-hydrogen) atoms. The summed E-state index contributed by atoms with van der Waals surface area (Å²) in [5.74, 6) is 0. The summed E-state index contributed by atoms with van der Waals surface area (Å²) in [5.41, 5.74) is 12.2. The molecule has 0 radical (unpaired) electrons. The van der Waals surface area contributed by atoms with Gasteiger partial charge in [-0.1, -0.05) is 140 Å². The second-order valence-electron chi connectivity index (χ2n) is 14.1. The minimum Gasteiger partial charge on any atom is -0.456 e. The van der Waals surface area contributed by atoms with Crippen molar-refractivity contribution >= 4 is 81.3 Å². The van der Waals surface area contributed by atoms with Crippen LogP contribution in [0.2, 0.25) is 0 Å². The van der Waals surface area contributed by atoms with Gasteiger partial charge in [-0.3, -0.25) is 0 Å². The SMILES string of the molecule is c1cc(-c2cccc3ccccc23)cc(N(c2ccc(-c3ccc4c(c3)oc3ccccc34)cc2)c2cccc(-c3cccc4c3sc3ccccc34)c2)c1. The average molecular weight is 720 g/mol. The van der Waals surface area contributed by atoms with Crippen LogP contribution in [0, 0.1) is 0 Å². The van der Waals surface area contributed by atoms with Crippen molar-refractivity contribution in [3.63, 3.8) is 0 Å². The maximum absolute atomic E-state index is 6.25. The highest BCUT2D eigenvalue weighted by molar-refractivity contribution is 7.26. The van der Waals surface area contributed by atoms with Gasteiger partial charge in [0, 0.05) is 48.0 Å². The first kappa shape index (κ1) is 31.6. The first-order valence-electron chi connectivity index (χ1n) is 18.7. The molecule has 0 spiro atoms. The normalized spacial score (nSPS) is 11.6. The van der Waals surface area contributed by atoms with Crippen molar-refractivity contribution in [1.29, 1.82) is 0 Å². The largest absolute Gasteiger partial charge is 0.456 e. The number of anilines is 3. The van der Waals surface area contributed by atoms with Crippen molar-refractivity contribution in [2.24, 2.45) is 0 Å². The highest BCUT2D eigenvalue weighted by Gasteiger charge is 2.17. The lowest BCUT2D eigenvalue weighted by molar-refractivity contribution is 0.669. The van der Waals surface area contributed by atoms with Crippen LogP contribution in [-0.4, -0.2) is 0 Å². The lowest BCUT2D eigenvalue weighted by atomic mass is 9.97. The second-order valence-corrected chi connectivity index (χ2v) is 15.2. The molecule has 0 fully saturated rings. The summed E-state index contributed by atoms with van der Waals surface area (Å²) in [5, 5.41) is 7.39. The topological polar surface area (TPSA) is 16.4 Å². The molecule has 258 valence electrons. The van der Waals surface area contributed by atoms with Crippen LogP contribution in [0.3, 0.4) is 0 Å². The molecule has 0 aliphatic heterocycles. The van der Waals surface area contributed by atoms with Crippen molar-refractivity contribution in [2.75, 3.05) is 4.90 Å². The van der Waals surface area contributed by atoms with Gasteiger partial charge in [0.1, 0.15) is 11.2 Å². The fourth-order valence-corrected chi connectivity index (χ4v) is 9.47. The third kappa shape index (κ3) is 5.40.